The van der Waals surface area contributed by atoms with Crippen LogP contribution in [-0.2, 0) is 7.05 Å². The first kappa shape index (κ1) is 12.1. The fraction of sp³-hybridized carbons (Fsp3) is 0.0769. The van der Waals surface area contributed by atoms with Crippen LogP contribution in [0.3, 0.4) is 0 Å². The lowest BCUT2D eigenvalue weighted by Gasteiger charge is -2.08. The highest BCUT2D eigenvalue weighted by Crippen LogP contribution is 2.24. The summed E-state index contributed by atoms with van der Waals surface area (Å²) in [5, 5.41) is 22.0. The molecule has 0 radical (unpaired) electrons. The fourth-order valence-corrected chi connectivity index (χ4v) is 2.00. The zero-order valence-electron chi connectivity index (χ0n) is 10.6. The molecule has 0 aliphatic rings. The van der Waals surface area contributed by atoms with E-state index in [1.165, 1.54) is 28.1 Å². The van der Waals surface area contributed by atoms with E-state index in [2.05, 4.69) is 15.3 Å². The minimum atomic E-state index is -0.321. The molecule has 0 saturated carbocycles. The van der Waals surface area contributed by atoms with Crippen LogP contribution in [0.4, 0.5) is 0 Å². The average molecular weight is 269 g/mol. The maximum absolute atomic E-state index is 12.2. The molecule has 3 aromatic rings. The van der Waals surface area contributed by atoms with Crippen molar-refractivity contribution in [1.82, 2.24) is 19.4 Å². The number of aryl methyl sites for hydroxylation is 1. The van der Waals surface area contributed by atoms with Crippen LogP contribution >= 0.6 is 0 Å². The quantitative estimate of drug-likeness (QED) is 0.694. The molecular weight excluding hydrogens is 258 g/mol. The number of nitrogens with zero attached hydrogens (tertiary/aromatic N) is 5. The number of hydrogen-bond acceptors (Lipinski definition) is 5. The van der Waals surface area contributed by atoms with Gasteiger partial charge in [0.15, 0.2) is 0 Å². The Hall–Kier alpha value is -2.96. The molecule has 0 amide bonds. The van der Waals surface area contributed by atoms with Crippen molar-refractivity contribution >= 4 is 17.1 Å². The first-order valence-corrected chi connectivity index (χ1v) is 5.88. The van der Waals surface area contributed by atoms with E-state index >= 15 is 0 Å². The van der Waals surface area contributed by atoms with E-state index in [0.717, 1.165) is 0 Å². The van der Waals surface area contributed by atoms with E-state index in [4.69, 9.17) is 0 Å². The molecule has 7 heteroatoms. The standard InChI is InChI=1S/C13H11N5O2/c1-17-11-5-3-2-4-9(11)12(19)10(13(17)20)6-16-18-7-14-15-8-18/h2-8,19H,1H3/b16-6+. The molecule has 2 heterocycles. The lowest BCUT2D eigenvalue weighted by molar-refractivity contribution is 0.478. The molecule has 0 bridgehead atoms. The lowest BCUT2D eigenvalue weighted by atomic mass is 10.1. The van der Waals surface area contributed by atoms with Gasteiger partial charge in [0.05, 0.1) is 11.7 Å². The van der Waals surface area contributed by atoms with Crippen molar-refractivity contribution in [2.45, 2.75) is 0 Å². The highest BCUT2D eigenvalue weighted by Gasteiger charge is 2.12. The molecule has 0 unspecified atom stereocenters. The van der Waals surface area contributed by atoms with Gasteiger partial charge in [-0.3, -0.25) is 4.79 Å². The van der Waals surface area contributed by atoms with Crippen molar-refractivity contribution < 1.29 is 5.11 Å². The fourth-order valence-electron chi connectivity index (χ4n) is 2.00. The summed E-state index contributed by atoms with van der Waals surface area (Å²) in [6.45, 7) is 0. The van der Waals surface area contributed by atoms with Crippen LogP contribution in [0.25, 0.3) is 10.9 Å². The van der Waals surface area contributed by atoms with Gasteiger partial charge in [-0.2, -0.15) is 5.10 Å². The average Bonchev–Trinajstić information content (AvgIpc) is 2.98. The van der Waals surface area contributed by atoms with Crippen molar-refractivity contribution in [3.63, 3.8) is 0 Å². The predicted octanol–water partition coefficient (Wildman–Crippen LogP) is 0.718. The number of aromatic nitrogens is 4. The Balaban J connectivity index is 2.23. The Morgan fingerprint density at radius 1 is 1.25 bits per heavy atom. The Labute approximate surface area is 113 Å². The molecule has 0 aliphatic heterocycles. The Morgan fingerprint density at radius 3 is 2.70 bits per heavy atom. The zero-order valence-corrected chi connectivity index (χ0v) is 10.6. The second kappa shape index (κ2) is 4.61. The summed E-state index contributed by atoms with van der Waals surface area (Å²) in [5.74, 6) is -0.0828. The molecule has 1 aromatic carbocycles. The molecule has 0 saturated heterocycles. The molecule has 100 valence electrons. The number of benzene rings is 1. The number of pyridine rings is 1. The van der Waals surface area contributed by atoms with Crippen LogP contribution in [0.1, 0.15) is 5.56 Å². The number of rotatable bonds is 2. The molecular formula is C13H11N5O2. The van der Waals surface area contributed by atoms with Gasteiger partial charge >= 0.3 is 0 Å². The molecule has 3 rings (SSSR count). The van der Waals surface area contributed by atoms with Crippen molar-refractivity contribution in [2.75, 3.05) is 0 Å². The zero-order chi connectivity index (χ0) is 14.1. The summed E-state index contributed by atoms with van der Waals surface area (Å²) in [5.41, 5.74) is 0.467. The lowest BCUT2D eigenvalue weighted by Crippen LogP contribution is -2.21. The molecule has 2 aromatic heterocycles. The van der Waals surface area contributed by atoms with Gasteiger partial charge in [0, 0.05) is 12.4 Å². The molecule has 7 nitrogen and oxygen atoms in total. The largest absolute Gasteiger partial charge is 0.506 e. The Morgan fingerprint density at radius 2 is 1.95 bits per heavy atom. The minimum Gasteiger partial charge on any atom is -0.506 e. The number of fused-ring (bicyclic) bond motifs is 1. The van der Waals surface area contributed by atoms with E-state index in [0.29, 0.717) is 10.9 Å². The first-order chi connectivity index (χ1) is 9.68. The molecule has 0 atom stereocenters. The third-order valence-corrected chi connectivity index (χ3v) is 3.04. The summed E-state index contributed by atoms with van der Waals surface area (Å²) in [6.07, 6.45) is 4.08. The van der Waals surface area contributed by atoms with Gasteiger partial charge in [-0.25, -0.2) is 4.68 Å². The SMILES string of the molecule is Cn1c(=O)c(/C=N/n2cnnc2)c(O)c2ccccc21. The van der Waals surface area contributed by atoms with Crippen molar-refractivity contribution in [1.29, 1.82) is 0 Å². The number of hydrogen-bond donors (Lipinski definition) is 1. The van der Waals surface area contributed by atoms with Crippen LogP contribution in [-0.4, -0.2) is 30.8 Å². The molecule has 20 heavy (non-hydrogen) atoms. The van der Waals surface area contributed by atoms with Crippen LogP contribution in [0.15, 0.2) is 46.8 Å². The van der Waals surface area contributed by atoms with E-state index in [1.54, 1.807) is 25.2 Å². The van der Waals surface area contributed by atoms with Gasteiger partial charge in [0.1, 0.15) is 24.0 Å². The van der Waals surface area contributed by atoms with Crippen molar-refractivity contribution in [3.05, 3.63) is 52.8 Å². The Kier molecular flexibility index (Phi) is 2.79. The van der Waals surface area contributed by atoms with Crippen LogP contribution in [0.2, 0.25) is 0 Å². The maximum atomic E-state index is 12.2. The first-order valence-electron chi connectivity index (χ1n) is 5.88. The topological polar surface area (TPSA) is 85.3 Å². The predicted molar refractivity (Wildman–Crippen MR) is 73.9 cm³/mol. The maximum Gasteiger partial charge on any atom is 0.263 e. The summed E-state index contributed by atoms with van der Waals surface area (Å²) in [7, 11) is 1.65. The summed E-state index contributed by atoms with van der Waals surface area (Å²) in [4.78, 5) is 12.2. The monoisotopic (exact) mass is 269 g/mol. The molecule has 0 aliphatic carbocycles. The second-order valence-corrected chi connectivity index (χ2v) is 4.23. The van der Waals surface area contributed by atoms with Gasteiger partial charge in [0.25, 0.3) is 5.56 Å². The van der Waals surface area contributed by atoms with Crippen molar-refractivity contribution in [2.24, 2.45) is 12.1 Å². The smallest absolute Gasteiger partial charge is 0.263 e. The summed E-state index contributed by atoms with van der Waals surface area (Å²) < 4.78 is 2.82. The van der Waals surface area contributed by atoms with Crippen molar-refractivity contribution in [3.8, 4) is 5.75 Å². The van der Waals surface area contributed by atoms with Crippen LogP contribution in [0, 0.1) is 0 Å². The van der Waals surface area contributed by atoms with E-state index in [-0.39, 0.29) is 16.9 Å². The molecule has 0 fully saturated rings. The Bertz CT molecular complexity index is 849. The number of aromatic hydroxyl groups is 1. The highest BCUT2D eigenvalue weighted by atomic mass is 16.3. The molecule has 1 N–H and O–H groups in total. The summed E-state index contributed by atoms with van der Waals surface area (Å²) in [6, 6.07) is 7.14. The van der Waals surface area contributed by atoms with E-state index in [1.807, 2.05) is 6.07 Å². The highest BCUT2D eigenvalue weighted by molar-refractivity contribution is 5.94. The van der Waals surface area contributed by atoms with Gasteiger partial charge < -0.3 is 9.67 Å². The van der Waals surface area contributed by atoms with Gasteiger partial charge in [0.2, 0.25) is 0 Å². The molecule has 0 spiro atoms. The third kappa shape index (κ3) is 1.85. The minimum absolute atomic E-state index is 0.0828. The van der Waals surface area contributed by atoms with E-state index < -0.39 is 0 Å². The van der Waals surface area contributed by atoms with Gasteiger partial charge in [-0.1, -0.05) is 12.1 Å². The van der Waals surface area contributed by atoms with E-state index in [9.17, 15) is 9.90 Å². The third-order valence-electron chi connectivity index (χ3n) is 3.04. The van der Waals surface area contributed by atoms with Gasteiger partial charge in [-0.15, -0.1) is 10.2 Å². The van der Waals surface area contributed by atoms with Crippen LogP contribution in [0.5, 0.6) is 5.75 Å². The summed E-state index contributed by atoms with van der Waals surface area (Å²) >= 11 is 0. The van der Waals surface area contributed by atoms with Gasteiger partial charge in [-0.05, 0) is 12.1 Å². The normalized spacial score (nSPS) is 11.4. The second-order valence-electron chi connectivity index (χ2n) is 4.23. The number of para-hydroxylation sites is 1. The van der Waals surface area contributed by atoms with Crippen LogP contribution < -0.4 is 5.56 Å².